The van der Waals surface area contributed by atoms with Gasteiger partial charge in [0.1, 0.15) is 12.7 Å². The first-order chi connectivity index (χ1) is 11.4. The van der Waals surface area contributed by atoms with Crippen molar-refractivity contribution in [3.05, 3.63) is 12.7 Å². The summed E-state index contributed by atoms with van der Waals surface area (Å²) in [5, 5.41) is 22.5. The molecule has 2 aromatic rings. The van der Waals surface area contributed by atoms with E-state index >= 15 is 0 Å². The highest BCUT2D eigenvalue weighted by atomic mass is 16.5. The maximum Gasteiger partial charge on any atom is 0.138 e. The molecule has 24 heavy (non-hydrogen) atoms. The van der Waals surface area contributed by atoms with E-state index in [1.807, 2.05) is 0 Å². The number of aromatic nitrogens is 8. The van der Waals surface area contributed by atoms with Crippen molar-refractivity contribution in [3.63, 3.8) is 0 Å². The molecule has 2 aromatic heterocycles. The Bertz CT molecular complexity index is 515. The molecule has 0 saturated heterocycles. The predicted molar refractivity (Wildman–Crippen MR) is 85.2 cm³/mol. The molecule has 10 nitrogen and oxygen atoms in total. The molecule has 0 fully saturated rings. The Kier molecular flexibility index (Phi) is 6.32. The summed E-state index contributed by atoms with van der Waals surface area (Å²) in [5.74, 6) is 0. The Morgan fingerprint density at radius 1 is 0.708 bits per heavy atom. The molecular weight excluding hydrogens is 312 g/mol. The maximum absolute atomic E-state index is 5.63. The third kappa shape index (κ3) is 5.31. The largest absolute Gasteiger partial charge is 0.379 e. The zero-order chi connectivity index (χ0) is 17.5. The van der Waals surface area contributed by atoms with Crippen molar-refractivity contribution in [1.82, 2.24) is 40.4 Å². The van der Waals surface area contributed by atoms with E-state index in [-0.39, 0.29) is 11.1 Å². The molecule has 0 saturated carbocycles. The van der Waals surface area contributed by atoms with Crippen molar-refractivity contribution >= 4 is 0 Å². The second kappa shape index (κ2) is 8.25. The first kappa shape index (κ1) is 18.4. The number of rotatable bonds is 11. The van der Waals surface area contributed by atoms with Gasteiger partial charge in [0.25, 0.3) is 0 Å². The highest BCUT2D eigenvalue weighted by molar-refractivity contribution is 4.75. The second-order valence-corrected chi connectivity index (χ2v) is 6.86. The monoisotopic (exact) mass is 338 g/mol. The van der Waals surface area contributed by atoms with Crippen LogP contribution in [-0.2, 0) is 20.6 Å². The molecule has 0 aliphatic rings. The van der Waals surface area contributed by atoms with Gasteiger partial charge in [0, 0.05) is 13.2 Å². The van der Waals surface area contributed by atoms with E-state index in [2.05, 4.69) is 58.7 Å². The van der Waals surface area contributed by atoms with Crippen molar-refractivity contribution in [2.75, 3.05) is 26.4 Å². The van der Waals surface area contributed by atoms with Gasteiger partial charge in [0.05, 0.1) is 24.3 Å². The minimum Gasteiger partial charge on any atom is -0.379 e. The van der Waals surface area contributed by atoms with E-state index in [9.17, 15) is 0 Å². The molecule has 0 spiro atoms. The third-order valence-electron chi connectivity index (χ3n) is 4.03. The molecule has 0 aliphatic carbocycles. The van der Waals surface area contributed by atoms with Gasteiger partial charge in [-0.1, -0.05) is 0 Å². The van der Waals surface area contributed by atoms with E-state index < -0.39 is 0 Å². The summed E-state index contributed by atoms with van der Waals surface area (Å²) >= 11 is 0. The van der Waals surface area contributed by atoms with Gasteiger partial charge in [-0.15, -0.1) is 10.2 Å². The van der Waals surface area contributed by atoms with E-state index in [0.717, 1.165) is 12.8 Å². The van der Waals surface area contributed by atoms with Crippen LogP contribution in [0.25, 0.3) is 0 Å². The molecular formula is C14H26N8O2. The lowest BCUT2D eigenvalue weighted by molar-refractivity contribution is 0.0285. The summed E-state index contributed by atoms with van der Waals surface area (Å²) in [6, 6.07) is 0. The first-order valence-corrected chi connectivity index (χ1v) is 8.04. The normalized spacial score (nSPS) is 12.7. The average Bonchev–Trinajstić information content (AvgIpc) is 3.23. The quantitative estimate of drug-likeness (QED) is 0.550. The summed E-state index contributed by atoms with van der Waals surface area (Å²) in [5.41, 5.74) is -0.333. The Labute approximate surface area is 141 Å². The molecule has 0 amide bonds. The van der Waals surface area contributed by atoms with E-state index in [1.54, 1.807) is 22.0 Å². The average molecular weight is 338 g/mol. The smallest absolute Gasteiger partial charge is 0.138 e. The molecule has 134 valence electrons. The zero-order valence-electron chi connectivity index (χ0n) is 14.8. The summed E-state index contributed by atoms with van der Waals surface area (Å²) in [6.07, 6.45) is 4.89. The predicted octanol–water partition coefficient (Wildman–Crippen LogP) is 0.643. The van der Waals surface area contributed by atoms with Crippen LogP contribution < -0.4 is 0 Å². The number of nitrogens with zero attached hydrogens (tertiary/aromatic N) is 8. The van der Waals surface area contributed by atoms with Crippen molar-refractivity contribution in [3.8, 4) is 0 Å². The van der Waals surface area contributed by atoms with Crippen LogP contribution in [0.15, 0.2) is 12.7 Å². The molecule has 0 radical (unpaired) electrons. The zero-order valence-corrected chi connectivity index (χ0v) is 14.8. The topological polar surface area (TPSA) is 106 Å². The van der Waals surface area contributed by atoms with Crippen LogP contribution in [0.1, 0.15) is 40.5 Å². The van der Waals surface area contributed by atoms with Gasteiger partial charge in [0.15, 0.2) is 0 Å². The fourth-order valence-corrected chi connectivity index (χ4v) is 2.07. The highest BCUT2D eigenvalue weighted by Gasteiger charge is 2.22. The van der Waals surface area contributed by atoms with Crippen LogP contribution in [0, 0.1) is 0 Å². The lowest BCUT2D eigenvalue weighted by Crippen LogP contribution is -2.29. The van der Waals surface area contributed by atoms with Crippen LogP contribution in [0.4, 0.5) is 0 Å². The fraction of sp³-hybridized carbons (Fsp3) is 0.857. The van der Waals surface area contributed by atoms with Crippen LogP contribution in [0.5, 0.6) is 0 Å². The van der Waals surface area contributed by atoms with Gasteiger partial charge in [-0.05, 0) is 61.4 Å². The van der Waals surface area contributed by atoms with Crippen LogP contribution in [-0.4, -0.2) is 66.8 Å². The minimum atomic E-state index is -0.166. The molecule has 2 heterocycles. The lowest BCUT2D eigenvalue weighted by Gasteiger charge is -2.24. The van der Waals surface area contributed by atoms with Gasteiger partial charge < -0.3 is 9.47 Å². The third-order valence-corrected chi connectivity index (χ3v) is 4.03. The maximum atomic E-state index is 5.63. The van der Waals surface area contributed by atoms with Crippen molar-refractivity contribution < 1.29 is 9.47 Å². The number of hydrogen-bond acceptors (Lipinski definition) is 8. The lowest BCUT2D eigenvalue weighted by atomic mass is 10.0. The standard InChI is InChI=1S/C14H26N8O2/c1-13(2,21-11-15-17-19-21)5-7-23-9-10-24-8-6-14(3,4)22-12-16-18-20-22/h11-12H,5-10H2,1-4H3. The number of ether oxygens (including phenoxy) is 2. The summed E-state index contributed by atoms with van der Waals surface area (Å²) in [4.78, 5) is 0. The fourth-order valence-electron chi connectivity index (χ4n) is 2.07. The van der Waals surface area contributed by atoms with Crippen LogP contribution >= 0.6 is 0 Å². The second-order valence-electron chi connectivity index (χ2n) is 6.86. The van der Waals surface area contributed by atoms with Gasteiger partial charge in [-0.2, -0.15) is 0 Å². The molecule has 0 bridgehead atoms. The number of hydrogen-bond donors (Lipinski definition) is 0. The Balaban J connectivity index is 1.53. The van der Waals surface area contributed by atoms with Crippen molar-refractivity contribution in [2.24, 2.45) is 0 Å². The van der Waals surface area contributed by atoms with Crippen LogP contribution in [0.3, 0.4) is 0 Å². The molecule has 0 atom stereocenters. The summed E-state index contributed by atoms with van der Waals surface area (Å²) < 4.78 is 14.7. The van der Waals surface area contributed by atoms with Crippen molar-refractivity contribution in [1.29, 1.82) is 0 Å². The number of tetrazole rings is 2. The SMILES string of the molecule is CC(C)(CCOCCOCCC(C)(C)n1cnnn1)n1cnnn1. The molecule has 2 rings (SSSR count). The van der Waals surface area contributed by atoms with Gasteiger partial charge in [-0.25, -0.2) is 9.36 Å². The summed E-state index contributed by atoms with van der Waals surface area (Å²) in [6.45, 7) is 10.7. The van der Waals surface area contributed by atoms with E-state index in [1.165, 1.54) is 0 Å². The van der Waals surface area contributed by atoms with Crippen molar-refractivity contribution in [2.45, 2.75) is 51.6 Å². The Morgan fingerprint density at radius 2 is 1.12 bits per heavy atom. The molecule has 0 unspecified atom stereocenters. The summed E-state index contributed by atoms with van der Waals surface area (Å²) in [7, 11) is 0. The molecule has 0 aliphatic heterocycles. The minimum absolute atomic E-state index is 0.166. The molecule has 10 heteroatoms. The molecule has 0 aromatic carbocycles. The highest BCUT2D eigenvalue weighted by Crippen LogP contribution is 2.18. The van der Waals surface area contributed by atoms with E-state index in [4.69, 9.17) is 9.47 Å². The molecule has 0 N–H and O–H groups in total. The first-order valence-electron chi connectivity index (χ1n) is 8.04. The Morgan fingerprint density at radius 3 is 1.46 bits per heavy atom. The van der Waals surface area contributed by atoms with Gasteiger partial charge in [-0.3, -0.25) is 0 Å². The van der Waals surface area contributed by atoms with Gasteiger partial charge >= 0.3 is 0 Å². The Hall–Kier alpha value is -1.94. The van der Waals surface area contributed by atoms with E-state index in [0.29, 0.717) is 26.4 Å². The van der Waals surface area contributed by atoms with Crippen LogP contribution in [0.2, 0.25) is 0 Å². The van der Waals surface area contributed by atoms with Gasteiger partial charge in [0.2, 0.25) is 0 Å².